The predicted molar refractivity (Wildman–Crippen MR) is 51.1 cm³/mol. The zero-order valence-corrected chi connectivity index (χ0v) is 7.49. The molecular weight excluding hydrogens is 152 g/mol. The number of nitrogens with two attached hydrogens (primary N) is 1. The molecule has 1 atom stereocenters. The first-order chi connectivity index (χ1) is 5.70. The largest absolute Gasteiger partial charge is 0.381 e. The van der Waals surface area contributed by atoms with Gasteiger partial charge in [-0.2, -0.15) is 0 Å². The van der Waals surface area contributed by atoms with Gasteiger partial charge in [-0.1, -0.05) is 13.0 Å². The van der Waals surface area contributed by atoms with Gasteiger partial charge >= 0.3 is 0 Å². The molecule has 12 heavy (non-hydrogen) atoms. The summed E-state index contributed by atoms with van der Waals surface area (Å²) in [5.74, 6) is 0.543. The van der Waals surface area contributed by atoms with Gasteiger partial charge in [-0.05, 0) is 18.8 Å². The van der Waals surface area contributed by atoms with E-state index in [2.05, 4.69) is 18.5 Å². The first kappa shape index (κ1) is 10.9. The third-order valence-electron chi connectivity index (χ3n) is 1.57. The van der Waals surface area contributed by atoms with Crippen LogP contribution in [0, 0.1) is 5.92 Å². The number of allylic oxidation sites excluding steroid dienone is 1. The van der Waals surface area contributed by atoms with Crippen LogP contribution in [-0.2, 0) is 4.79 Å². The van der Waals surface area contributed by atoms with Gasteiger partial charge in [0.25, 0.3) is 0 Å². The summed E-state index contributed by atoms with van der Waals surface area (Å²) in [7, 11) is 0. The van der Waals surface area contributed by atoms with E-state index in [1.165, 1.54) is 0 Å². The number of carbonyl (C=O) groups excluding carboxylic acids is 1. The zero-order chi connectivity index (χ0) is 9.40. The van der Waals surface area contributed by atoms with Gasteiger partial charge in [0, 0.05) is 6.54 Å². The van der Waals surface area contributed by atoms with Crippen LogP contribution in [0.2, 0.25) is 0 Å². The van der Waals surface area contributed by atoms with Crippen LogP contribution in [0.3, 0.4) is 0 Å². The minimum Gasteiger partial charge on any atom is -0.381 e. The molecule has 0 radical (unpaired) electrons. The number of carbonyl (C=O) groups is 1. The van der Waals surface area contributed by atoms with Crippen LogP contribution in [0.25, 0.3) is 0 Å². The van der Waals surface area contributed by atoms with E-state index >= 15 is 0 Å². The van der Waals surface area contributed by atoms with E-state index in [0.717, 1.165) is 12.8 Å². The highest BCUT2D eigenvalue weighted by molar-refractivity contribution is 6.26. The molecule has 0 aliphatic heterocycles. The lowest BCUT2D eigenvalue weighted by molar-refractivity contribution is -0.102. The third-order valence-corrected chi connectivity index (χ3v) is 1.57. The number of hydrogen-bond acceptors (Lipinski definition) is 2. The molecule has 0 aromatic rings. The Balaban J connectivity index is 3.61. The highest BCUT2D eigenvalue weighted by atomic mass is 16.1. The van der Waals surface area contributed by atoms with Crippen LogP contribution < -0.4 is 5.73 Å². The van der Waals surface area contributed by atoms with E-state index < -0.39 is 0 Å². The molecule has 0 aliphatic carbocycles. The van der Waals surface area contributed by atoms with Gasteiger partial charge in [-0.15, -0.1) is 6.58 Å². The van der Waals surface area contributed by atoms with Gasteiger partial charge in [0.05, 0.1) is 0 Å². The second kappa shape index (κ2) is 6.58. The van der Waals surface area contributed by atoms with E-state index in [9.17, 15) is 4.79 Å². The van der Waals surface area contributed by atoms with Crippen LogP contribution in [0.4, 0.5) is 0 Å². The number of amidine groups is 1. The molecule has 0 rings (SSSR count). The molecule has 0 bridgehead atoms. The number of aldehydes is 1. The van der Waals surface area contributed by atoms with E-state index in [0.29, 0.717) is 18.7 Å². The molecule has 3 nitrogen and oxygen atoms in total. The second-order valence-corrected chi connectivity index (χ2v) is 2.85. The van der Waals surface area contributed by atoms with E-state index in [-0.39, 0.29) is 5.84 Å². The zero-order valence-electron chi connectivity index (χ0n) is 7.49. The summed E-state index contributed by atoms with van der Waals surface area (Å²) in [5, 5.41) is 0. The van der Waals surface area contributed by atoms with Crippen molar-refractivity contribution in [2.75, 3.05) is 6.54 Å². The van der Waals surface area contributed by atoms with Crippen LogP contribution in [0.15, 0.2) is 17.6 Å². The molecule has 0 fully saturated rings. The van der Waals surface area contributed by atoms with Crippen molar-refractivity contribution in [1.82, 2.24) is 0 Å². The van der Waals surface area contributed by atoms with E-state index in [4.69, 9.17) is 5.73 Å². The second-order valence-electron chi connectivity index (χ2n) is 2.85. The summed E-state index contributed by atoms with van der Waals surface area (Å²) < 4.78 is 0. The van der Waals surface area contributed by atoms with Gasteiger partial charge in [0.1, 0.15) is 0 Å². The van der Waals surface area contributed by atoms with Crippen LogP contribution in [0.1, 0.15) is 19.8 Å². The maximum absolute atomic E-state index is 10.1. The molecule has 2 N–H and O–H groups in total. The van der Waals surface area contributed by atoms with Crippen LogP contribution >= 0.6 is 0 Å². The molecule has 0 aromatic heterocycles. The molecule has 0 spiro atoms. The average Bonchev–Trinajstić information content (AvgIpc) is 2.10. The molecule has 1 unspecified atom stereocenters. The van der Waals surface area contributed by atoms with Crippen molar-refractivity contribution in [2.24, 2.45) is 16.6 Å². The van der Waals surface area contributed by atoms with Crippen molar-refractivity contribution in [3.05, 3.63) is 12.7 Å². The fourth-order valence-corrected chi connectivity index (χ4v) is 0.792. The van der Waals surface area contributed by atoms with Crippen molar-refractivity contribution in [1.29, 1.82) is 0 Å². The minimum absolute atomic E-state index is 0.0838. The SMILES string of the molecule is C=CCCC(C)C/N=C(\N)C=O. The monoisotopic (exact) mass is 168 g/mol. The van der Waals surface area contributed by atoms with Gasteiger partial charge < -0.3 is 5.73 Å². The van der Waals surface area contributed by atoms with Crippen molar-refractivity contribution in [2.45, 2.75) is 19.8 Å². The number of hydrogen-bond donors (Lipinski definition) is 1. The summed E-state index contributed by atoms with van der Waals surface area (Å²) in [6, 6.07) is 0. The van der Waals surface area contributed by atoms with Crippen LogP contribution in [0.5, 0.6) is 0 Å². The molecule has 0 aliphatic rings. The smallest absolute Gasteiger partial charge is 0.184 e. The summed E-state index contributed by atoms with van der Waals surface area (Å²) in [6.07, 6.45) is 4.47. The Kier molecular flexibility index (Phi) is 5.97. The van der Waals surface area contributed by atoms with Crippen molar-refractivity contribution >= 4 is 12.1 Å². The molecule has 0 amide bonds. The highest BCUT2D eigenvalue weighted by Crippen LogP contribution is 2.05. The Morgan fingerprint density at radius 1 is 1.75 bits per heavy atom. The van der Waals surface area contributed by atoms with Crippen molar-refractivity contribution < 1.29 is 4.79 Å². The maximum atomic E-state index is 10.1. The quantitative estimate of drug-likeness (QED) is 0.280. The van der Waals surface area contributed by atoms with Gasteiger partial charge in [0.15, 0.2) is 12.1 Å². The molecule has 0 heterocycles. The van der Waals surface area contributed by atoms with Crippen molar-refractivity contribution in [3.8, 4) is 0 Å². The molecule has 68 valence electrons. The Bertz CT molecular complexity index is 175. The summed E-state index contributed by atoms with van der Waals surface area (Å²) in [4.78, 5) is 13.9. The van der Waals surface area contributed by atoms with Crippen molar-refractivity contribution in [3.63, 3.8) is 0 Å². The molecule has 3 heteroatoms. The standard InChI is InChI=1S/C9H16N2O/c1-3-4-5-8(2)6-11-9(10)7-12/h3,7-8H,1,4-6H2,2H3,(H2,10,11). The number of nitrogens with zero attached hydrogens (tertiary/aromatic N) is 1. The lowest BCUT2D eigenvalue weighted by Gasteiger charge is -2.05. The summed E-state index contributed by atoms with van der Waals surface area (Å²) in [6.45, 7) is 6.33. The third kappa shape index (κ3) is 5.65. The average molecular weight is 168 g/mol. The molecule has 0 saturated carbocycles. The van der Waals surface area contributed by atoms with E-state index in [1.54, 1.807) is 0 Å². The lowest BCUT2D eigenvalue weighted by Crippen LogP contribution is -2.14. The van der Waals surface area contributed by atoms with Gasteiger partial charge in [-0.25, -0.2) is 0 Å². The fraction of sp³-hybridized carbons (Fsp3) is 0.556. The molecule has 0 saturated heterocycles. The molecule has 0 aromatic carbocycles. The normalized spacial score (nSPS) is 13.9. The molecular formula is C9H16N2O. The Morgan fingerprint density at radius 2 is 2.42 bits per heavy atom. The first-order valence-electron chi connectivity index (χ1n) is 4.06. The number of aliphatic imine (C=N–C) groups is 1. The Morgan fingerprint density at radius 3 is 2.92 bits per heavy atom. The number of rotatable bonds is 6. The van der Waals surface area contributed by atoms with Gasteiger partial charge in [-0.3, -0.25) is 9.79 Å². The lowest BCUT2D eigenvalue weighted by atomic mass is 10.1. The highest BCUT2D eigenvalue weighted by Gasteiger charge is 1.98. The predicted octanol–water partition coefficient (Wildman–Crippen LogP) is 1.14. The topological polar surface area (TPSA) is 55.4 Å². The van der Waals surface area contributed by atoms with Crippen LogP contribution in [-0.4, -0.2) is 18.7 Å². The minimum atomic E-state index is 0.0838. The maximum Gasteiger partial charge on any atom is 0.184 e. The fourth-order valence-electron chi connectivity index (χ4n) is 0.792. The first-order valence-corrected chi connectivity index (χ1v) is 4.06. The van der Waals surface area contributed by atoms with Gasteiger partial charge in [0.2, 0.25) is 0 Å². The summed E-state index contributed by atoms with van der Waals surface area (Å²) >= 11 is 0. The summed E-state index contributed by atoms with van der Waals surface area (Å²) in [5.41, 5.74) is 5.21. The Labute approximate surface area is 73.4 Å². The Hall–Kier alpha value is -1.12. The van der Waals surface area contributed by atoms with E-state index in [1.807, 2.05) is 6.08 Å².